The number of nitrogens with zero attached hydrogens (tertiary/aromatic N) is 1. The van der Waals surface area contributed by atoms with Gasteiger partial charge in [0.15, 0.2) is 0 Å². The summed E-state index contributed by atoms with van der Waals surface area (Å²) in [6, 6.07) is 0. The van der Waals surface area contributed by atoms with Crippen LogP contribution in [0.1, 0.15) is 5.56 Å². The summed E-state index contributed by atoms with van der Waals surface area (Å²) < 4.78 is 0. The molecular weight excluding hydrogens is 190 g/mol. The first-order chi connectivity index (χ1) is 5.77. The lowest BCUT2D eigenvalue weighted by Gasteiger charge is -1.90. The highest BCUT2D eigenvalue weighted by molar-refractivity contribution is 7.14. The molecule has 1 N–H and O–H groups in total. The van der Waals surface area contributed by atoms with Gasteiger partial charge < -0.3 is 5.11 Å². The number of aromatic hydroxyl groups is 1. The average molecular weight is 197 g/mol. The van der Waals surface area contributed by atoms with Crippen LogP contribution in [0.25, 0.3) is 10.6 Å². The molecule has 0 unspecified atom stereocenters. The predicted octanol–water partition coefficient (Wildman–Crippen LogP) is 2.89. The van der Waals surface area contributed by atoms with E-state index < -0.39 is 0 Å². The first kappa shape index (κ1) is 7.76. The standard InChI is InChI=1S/C8H7NOS2/c1-5-2-11-3-6(5)8-9-7(10)4-12-8/h2-4,10H,1H3. The van der Waals surface area contributed by atoms with E-state index in [0.717, 1.165) is 10.6 Å². The van der Waals surface area contributed by atoms with Gasteiger partial charge in [0.05, 0.1) is 5.38 Å². The number of aryl methyl sites for hydroxylation is 1. The Kier molecular flexibility index (Phi) is 1.86. The van der Waals surface area contributed by atoms with E-state index >= 15 is 0 Å². The second kappa shape index (κ2) is 2.88. The van der Waals surface area contributed by atoms with Crippen molar-refractivity contribution in [1.29, 1.82) is 0 Å². The Bertz CT molecular complexity index is 391. The Balaban J connectivity index is 2.50. The minimum absolute atomic E-state index is 0.112. The number of hydrogen-bond acceptors (Lipinski definition) is 4. The zero-order valence-corrected chi connectivity index (χ0v) is 8.08. The molecule has 0 saturated heterocycles. The third-order valence-corrected chi connectivity index (χ3v) is 3.30. The molecule has 0 amide bonds. The van der Waals surface area contributed by atoms with Gasteiger partial charge in [0.1, 0.15) is 5.01 Å². The highest BCUT2D eigenvalue weighted by atomic mass is 32.1. The summed E-state index contributed by atoms with van der Waals surface area (Å²) in [6.07, 6.45) is 0. The molecule has 2 aromatic heterocycles. The highest BCUT2D eigenvalue weighted by Gasteiger charge is 2.06. The molecule has 0 radical (unpaired) electrons. The third-order valence-electron chi connectivity index (χ3n) is 1.58. The van der Waals surface area contributed by atoms with E-state index in [0.29, 0.717) is 0 Å². The van der Waals surface area contributed by atoms with E-state index in [4.69, 9.17) is 5.11 Å². The van der Waals surface area contributed by atoms with Crippen LogP contribution in [0.5, 0.6) is 5.88 Å². The molecule has 62 valence electrons. The lowest BCUT2D eigenvalue weighted by Crippen LogP contribution is -1.73. The maximum Gasteiger partial charge on any atom is 0.222 e. The van der Waals surface area contributed by atoms with Crippen molar-refractivity contribution < 1.29 is 5.11 Å². The smallest absolute Gasteiger partial charge is 0.222 e. The summed E-state index contributed by atoms with van der Waals surface area (Å²) in [4.78, 5) is 3.99. The van der Waals surface area contributed by atoms with Gasteiger partial charge in [-0.25, -0.2) is 4.98 Å². The minimum Gasteiger partial charge on any atom is -0.493 e. The van der Waals surface area contributed by atoms with Crippen molar-refractivity contribution in [2.24, 2.45) is 0 Å². The lowest BCUT2D eigenvalue weighted by atomic mass is 10.2. The van der Waals surface area contributed by atoms with E-state index in [-0.39, 0.29) is 5.88 Å². The van der Waals surface area contributed by atoms with Crippen LogP contribution >= 0.6 is 22.7 Å². The van der Waals surface area contributed by atoms with Crippen molar-refractivity contribution in [2.45, 2.75) is 6.92 Å². The van der Waals surface area contributed by atoms with E-state index in [1.807, 2.05) is 12.3 Å². The van der Waals surface area contributed by atoms with Crippen molar-refractivity contribution in [3.05, 3.63) is 21.7 Å². The maximum absolute atomic E-state index is 9.05. The van der Waals surface area contributed by atoms with Crippen LogP contribution in [0.2, 0.25) is 0 Å². The maximum atomic E-state index is 9.05. The SMILES string of the molecule is Cc1cscc1-c1nc(O)cs1. The van der Waals surface area contributed by atoms with Crippen LogP contribution in [-0.4, -0.2) is 10.1 Å². The molecule has 2 nitrogen and oxygen atoms in total. The van der Waals surface area contributed by atoms with Crippen LogP contribution in [-0.2, 0) is 0 Å². The van der Waals surface area contributed by atoms with Gasteiger partial charge in [-0.15, -0.1) is 11.3 Å². The minimum atomic E-state index is 0.112. The monoisotopic (exact) mass is 197 g/mol. The van der Waals surface area contributed by atoms with Gasteiger partial charge in [-0.3, -0.25) is 0 Å². The fourth-order valence-electron chi connectivity index (χ4n) is 0.969. The van der Waals surface area contributed by atoms with Crippen LogP contribution in [0, 0.1) is 6.92 Å². The Morgan fingerprint density at radius 2 is 2.17 bits per heavy atom. The van der Waals surface area contributed by atoms with E-state index in [9.17, 15) is 0 Å². The van der Waals surface area contributed by atoms with Crippen LogP contribution < -0.4 is 0 Å². The van der Waals surface area contributed by atoms with Gasteiger partial charge in [-0.2, -0.15) is 11.3 Å². The molecule has 2 heterocycles. The van der Waals surface area contributed by atoms with Gasteiger partial charge in [-0.05, 0) is 17.9 Å². The van der Waals surface area contributed by atoms with Gasteiger partial charge in [-0.1, -0.05) is 0 Å². The zero-order valence-electron chi connectivity index (χ0n) is 6.44. The summed E-state index contributed by atoms with van der Waals surface area (Å²) in [7, 11) is 0. The molecule has 2 aromatic rings. The molecule has 4 heteroatoms. The summed E-state index contributed by atoms with van der Waals surface area (Å²) in [6.45, 7) is 2.05. The summed E-state index contributed by atoms with van der Waals surface area (Å²) >= 11 is 3.12. The number of thiazole rings is 1. The molecule has 0 spiro atoms. The normalized spacial score (nSPS) is 10.4. The topological polar surface area (TPSA) is 33.1 Å². The molecule has 0 bridgehead atoms. The van der Waals surface area contributed by atoms with Crippen molar-refractivity contribution in [2.75, 3.05) is 0 Å². The lowest BCUT2D eigenvalue weighted by molar-refractivity contribution is 0.458. The number of aromatic nitrogens is 1. The van der Waals surface area contributed by atoms with E-state index in [1.54, 1.807) is 16.7 Å². The first-order valence-corrected chi connectivity index (χ1v) is 5.27. The Hall–Kier alpha value is -0.870. The number of hydrogen-bond donors (Lipinski definition) is 1. The molecule has 0 saturated carbocycles. The van der Waals surface area contributed by atoms with Gasteiger partial charge in [0.2, 0.25) is 5.88 Å². The summed E-state index contributed by atoms with van der Waals surface area (Å²) in [5, 5.41) is 15.7. The first-order valence-electron chi connectivity index (χ1n) is 3.45. The van der Waals surface area contributed by atoms with Crippen molar-refractivity contribution >= 4 is 22.7 Å². The predicted molar refractivity (Wildman–Crippen MR) is 51.8 cm³/mol. The van der Waals surface area contributed by atoms with Gasteiger partial charge in [0, 0.05) is 10.9 Å². The Morgan fingerprint density at radius 1 is 1.33 bits per heavy atom. The number of rotatable bonds is 1. The van der Waals surface area contributed by atoms with Crippen molar-refractivity contribution in [3.8, 4) is 16.5 Å². The molecule has 2 rings (SSSR count). The Labute approximate surface area is 78.1 Å². The Morgan fingerprint density at radius 3 is 2.67 bits per heavy atom. The van der Waals surface area contributed by atoms with Crippen LogP contribution in [0.3, 0.4) is 0 Å². The average Bonchev–Trinajstić information content (AvgIpc) is 2.58. The van der Waals surface area contributed by atoms with E-state index in [1.165, 1.54) is 16.9 Å². The molecule has 0 aliphatic carbocycles. The molecule has 0 aromatic carbocycles. The summed E-state index contributed by atoms with van der Waals surface area (Å²) in [5.74, 6) is 0.112. The van der Waals surface area contributed by atoms with E-state index in [2.05, 4.69) is 10.4 Å². The molecule has 0 fully saturated rings. The van der Waals surface area contributed by atoms with Gasteiger partial charge in [0.25, 0.3) is 0 Å². The van der Waals surface area contributed by atoms with Crippen LogP contribution in [0.4, 0.5) is 0 Å². The molecule has 0 aliphatic rings. The van der Waals surface area contributed by atoms with Crippen molar-refractivity contribution in [1.82, 2.24) is 4.98 Å². The van der Waals surface area contributed by atoms with Crippen LogP contribution in [0.15, 0.2) is 16.1 Å². The van der Waals surface area contributed by atoms with Gasteiger partial charge >= 0.3 is 0 Å². The largest absolute Gasteiger partial charge is 0.493 e. The fraction of sp³-hybridized carbons (Fsp3) is 0.125. The molecular formula is C8H7NOS2. The van der Waals surface area contributed by atoms with Crippen molar-refractivity contribution in [3.63, 3.8) is 0 Å². The molecule has 12 heavy (non-hydrogen) atoms. The second-order valence-corrected chi connectivity index (χ2v) is 4.08. The summed E-state index contributed by atoms with van der Waals surface area (Å²) in [5.41, 5.74) is 2.35. The number of thiophene rings is 1. The fourth-order valence-corrected chi connectivity index (χ4v) is 2.64. The molecule has 0 aliphatic heterocycles. The zero-order chi connectivity index (χ0) is 8.55. The molecule has 0 atom stereocenters. The highest BCUT2D eigenvalue weighted by Crippen LogP contribution is 2.30. The second-order valence-electron chi connectivity index (χ2n) is 2.48. The third kappa shape index (κ3) is 1.23. The quantitative estimate of drug-likeness (QED) is 0.762.